The van der Waals surface area contributed by atoms with Crippen molar-refractivity contribution in [1.29, 1.82) is 0 Å². The molecule has 0 amide bonds. The normalized spacial score (nSPS) is 45.6. The molecule has 4 unspecified atom stereocenters. The lowest BCUT2D eigenvalue weighted by molar-refractivity contribution is 0.0750. The van der Waals surface area contributed by atoms with E-state index in [9.17, 15) is 5.11 Å². The van der Waals surface area contributed by atoms with Crippen molar-refractivity contribution in [1.82, 2.24) is 4.90 Å². The minimum Gasteiger partial charge on any atom is -0.393 e. The van der Waals surface area contributed by atoms with Gasteiger partial charge in [0.2, 0.25) is 0 Å². The molecule has 0 aromatic carbocycles. The van der Waals surface area contributed by atoms with Crippen LogP contribution >= 0.6 is 0 Å². The van der Waals surface area contributed by atoms with E-state index in [1.54, 1.807) is 0 Å². The van der Waals surface area contributed by atoms with Crippen molar-refractivity contribution in [2.24, 2.45) is 5.92 Å². The van der Waals surface area contributed by atoms with Gasteiger partial charge in [-0.15, -0.1) is 0 Å². The third-order valence-electron chi connectivity index (χ3n) is 4.04. The van der Waals surface area contributed by atoms with Gasteiger partial charge in [0.25, 0.3) is 0 Å². The van der Waals surface area contributed by atoms with Crippen LogP contribution in [0.2, 0.25) is 0 Å². The van der Waals surface area contributed by atoms with Crippen LogP contribution in [0.5, 0.6) is 0 Å². The zero-order valence-corrected chi connectivity index (χ0v) is 9.45. The molecule has 2 aliphatic rings. The van der Waals surface area contributed by atoms with Crippen LogP contribution in [0.25, 0.3) is 0 Å². The van der Waals surface area contributed by atoms with Crippen molar-refractivity contribution in [3.63, 3.8) is 0 Å². The molecule has 2 fully saturated rings. The summed E-state index contributed by atoms with van der Waals surface area (Å²) in [5, 5.41) is 9.54. The highest BCUT2D eigenvalue weighted by Crippen LogP contribution is 2.31. The van der Waals surface area contributed by atoms with Gasteiger partial charge >= 0.3 is 0 Å². The average Bonchev–Trinajstić information content (AvgIpc) is 2.51. The van der Waals surface area contributed by atoms with Crippen LogP contribution in [0.3, 0.4) is 0 Å². The number of hydrogen-bond donors (Lipinski definition) is 1. The minimum atomic E-state index is -0.0217. The van der Waals surface area contributed by atoms with Gasteiger partial charge in [0.15, 0.2) is 0 Å². The van der Waals surface area contributed by atoms with E-state index in [0.29, 0.717) is 6.04 Å². The van der Waals surface area contributed by atoms with Gasteiger partial charge in [-0.1, -0.05) is 6.92 Å². The first-order valence-corrected chi connectivity index (χ1v) is 6.10. The van der Waals surface area contributed by atoms with Gasteiger partial charge in [0, 0.05) is 12.1 Å². The second kappa shape index (κ2) is 4.19. The summed E-state index contributed by atoms with van der Waals surface area (Å²) in [7, 11) is 0. The second-order valence-electron chi connectivity index (χ2n) is 5.34. The van der Waals surface area contributed by atoms with Crippen LogP contribution in [0.4, 0.5) is 0 Å². The Morgan fingerprint density at radius 1 is 1.07 bits per heavy atom. The van der Waals surface area contributed by atoms with Gasteiger partial charge in [0.05, 0.1) is 6.10 Å². The lowest BCUT2D eigenvalue weighted by atomic mass is 9.92. The molecule has 1 aliphatic heterocycles. The molecule has 1 saturated carbocycles. The molecule has 82 valence electrons. The highest BCUT2D eigenvalue weighted by atomic mass is 16.3. The van der Waals surface area contributed by atoms with E-state index >= 15 is 0 Å². The standard InChI is InChI=1S/C12H23NO/c1-9-5-6-13(10(2)7-9)11-3-4-12(14)8-11/h9-12,14H,3-8H2,1-2H3. The van der Waals surface area contributed by atoms with Crippen molar-refractivity contribution in [2.75, 3.05) is 6.54 Å². The van der Waals surface area contributed by atoms with E-state index in [2.05, 4.69) is 18.7 Å². The first-order valence-electron chi connectivity index (χ1n) is 6.10. The van der Waals surface area contributed by atoms with Gasteiger partial charge in [-0.3, -0.25) is 4.90 Å². The summed E-state index contributed by atoms with van der Waals surface area (Å²) >= 11 is 0. The van der Waals surface area contributed by atoms with Crippen LogP contribution in [0.15, 0.2) is 0 Å². The maximum Gasteiger partial charge on any atom is 0.0555 e. The molecule has 2 nitrogen and oxygen atoms in total. The molecule has 4 atom stereocenters. The Balaban J connectivity index is 1.91. The van der Waals surface area contributed by atoms with Gasteiger partial charge in [0.1, 0.15) is 0 Å². The molecule has 2 heteroatoms. The molecule has 0 bridgehead atoms. The maximum absolute atomic E-state index is 9.54. The van der Waals surface area contributed by atoms with Crippen molar-refractivity contribution < 1.29 is 5.11 Å². The third kappa shape index (κ3) is 2.12. The number of piperidine rings is 1. The largest absolute Gasteiger partial charge is 0.393 e. The predicted molar refractivity (Wildman–Crippen MR) is 58.2 cm³/mol. The van der Waals surface area contributed by atoms with E-state index in [1.807, 2.05) is 0 Å². The first kappa shape index (κ1) is 10.4. The number of nitrogens with zero attached hydrogens (tertiary/aromatic N) is 1. The third-order valence-corrected chi connectivity index (χ3v) is 4.04. The molecule has 1 heterocycles. The molecule has 2 rings (SSSR count). The second-order valence-corrected chi connectivity index (χ2v) is 5.34. The van der Waals surface area contributed by atoms with Gasteiger partial charge < -0.3 is 5.11 Å². The Morgan fingerprint density at radius 2 is 1.86 bits per heavy atom. The SMILES string of the molecule is CC1CCN(C2CCC(O)C2)C(C)C1. The number of rotatable bonds is 1. The number of likely N-dealkylation sites (tertiary alicyclic amines) is 1. The fourth-order valence-corrected chi connectivity index (χ4v) is 3.20. The Labute approximate surface area is 87.3 Å². The first-order chi connectivity index (χ1) is 6.66. The molecule has 1 saturated heterocycles. The van der Waals surface area contributed by atoms with Crippen LogP contribution in [-0.4, -0.2) is 34.7 Å². The van der Waals surface area contributed by atoms with Crippen molar-refractivity contribution >= 4 is 0 Å². The van der Waals surface area contributed by atoms with E-state index in [1.165, 1.54) is 25.8 Å². The zero-order chi connectivity index (χ0) is 10.1. The van der Waals surface area contributed by atoms with Crippen molar-refractivity contribution in [3.8, 4) is 0 Å². The van der Waals surface area contributed by atoms with Crippen molar-refractivity contribution in [3.05, 3.63) is 0 Å². The van der Waals surface area contributed by atoms with Crippen LogP contribution < -0.4 is 0 Å². The maximum atomic E-state index is 9.54. The summed E-state index contributed by atoms with van der Waals surface area (Å²) in [6.07, 6.45) is 5.90. The Hall–Kier alpha value is -0.0800. The van der Waals surface area contributed by atoms with Crippen LogP contribution in [0, 0.1) is 5.92 Å². The minimum absolute atomic E-state index is 0.0217. The molecule has 0 radical (unpaired) electrons. The summed E-state index contributed by atoms with van der Waals surface area (Å²) in [6.45, 7) is 5.96. The van der Waals surface area contributed by atoms with Gasteiger partial charge in [-0.25, -0.2) is 0 Å². The van der Waals surface area contributed by atoms with E-state index < -0.39 is 0 Å². The smallest absolute Gasteiger partial charge is 0.0555 e. The summed E-state index contributed by atoms with van der Waals surface area (Å²) in [5.41, 5.74) is 0. The highest BCUT2D eigenvalue weighted by Gasteiger charge is 2.33. The summed E-state index contributed by atoms with van der Waals surface area (Å²) in [5.74, 6) is 0.896. The molecule has 0 aromatic rings. The number of aliphatic hydroxyl groups excluding tert-OH is 1. The zero-order valence-electron chi connectivity index (χ0n) is 9.45. The Kier molecular flexibility index (Phi) is 3.13. The molecule has 0 spiro atoms. The Morgan fingerprint density at radius 3 is 2.43 bits per heavy atom. The molecular weight excluding hydrogens is 174 g/mol. The molecule has 1 N–H and O–H groups in total. The van der Waals surface area contributed by atoms with Gasteiger partial charge in [-0.05, 0) is 51.5 Å². The monoisotopic (exact) mass is 197 g/mol. The van der Waals surface area contributed by atoms with Crippen LogP contribution in [0.1, 0.15) is 46.0 Å². The van der Waals surface area contributed by atoms with Crippen molar-refractivity contribution in [2.45, 2.75) is 64.1 Å². The molecule has 14 heavy (non-hydrogen) atoms. The quantitative estimate of drug-likeness (QED) is 0.695. The molecular formula is C12H23NO. The van der Waals surface area contributed by atoms with Crippen LogP contribution in [-0.2, 0) is 0 Å². The van der Waals surface area contributed by atoms with E-state index in [-0.39, 0.29) is 6.10 Å². The molecule has 0 aromatic heterocycles. The topological polar surface area (TPSA) is 23.5 Å². The summed E-state index contributed by atoms with van der Waals surface area (Å²) in [4.78, 5) is 2.64. The summed E-state index contributed by atoms with van der Waals surface area (Å²) < 4.78 is 0. The van der Waals surface area contributed by atoms with Gasteiger partial charge in [-0.2, -0.15) is 0 Å². The lowest BCUT2D eigenvalue weighted by Crippen LogP contribution is -2.45. The lowest BCUT2D eigenvalue weighted by Gasteiger charge is -2.40. The highest BCUT2D eigenvalue weighted by molar-refractivity contribution is 4.88. The fourth-order valence-electron chi connectivity index (χ4n) is 3.20. The number of aliphatic hydroxyl groups is 1. The van der Waals surface area contributed by atoms with E-state index in [0.717, 1.165) is 24.8 Å². The summed E-state index contributed by atoms with van der Waals surface area (Å²) in [6, 6.07) is 1.40. The molecule has 1 aliphatic carbocycles. The fraction of sp³-hybridized carbons (Fsp3) is 1.00. The number of hydrogen-bond acceptors (Lipinski definition) is 2. The average molecular weight is 197 g/mol. The Bertz CT molecular complexity index is 195. The van der Waals surface area contributed by atoms with E-state index in [4.69, 9.17) is 0 Å². The predicted octanol–water partition coefficient (Wildman–Crippen LogP) is 2.02.